The Morgan fingerprint density at radius 3 is 2.89 bits per heavy atom. The van der Waals surface area contributed by atoms with Gasteiger partial charge in [0, 0.05) is 19.1 Å². The zero-order chi connectivity index (χ0) is 13.7. The number of nitrogens with one attached hydrogen (secondary N) is 1. The summed E-state index contributed by atoms with van der Waals surface area (Å²) in [6.45, 7) is 2.85. The van der Waals surface area contributed by atoms with Crippen molar-refractivity contribution in [2.24, 2.45) is 5.84 Å². The molecule has 0 aliphatic carbocycles. The van der Waals surface area contributed by atoms with Crippen LogP contribution < -0.4 is 11.3 Å². The number of rotatable bonds is 6. The van der Waals surface area contributed by atoms with E-state index in [1.807, 2.05) is 18.2 Å². The van der Waals surface area contributed by atoms with E-state index in [2.05, 4.69) is 24.5 Å². The van der Waals surface area contributed by atoms with Crippen molar-refractivity contribution in [1.82, 2.24) is 10.4 Å². The second-order valence-electron chi connectivity index (χ2n) is 4.74. The topological polar surface area (TPSA) is 60.2 Å². The Bertz CT molecular complexity index is 542. The predicted octanol–water partition coefficient (Wildman–Crippen LogP) is 2.47. The first kappa shape index (κ1) is 13.9. The summed E-state index contributed by atoms with van der Waals surface area (Å²) in [6.07, 6.45) is 1.87. The minimum Gasteiger partial charge on any atom is -0.385 e. The van der Waals surface area contributed by atoms with Gasteiger partial charge >= 0.3 is 0 Å². The highest BCUT2D eigenvalue weighted by Crippen LogP contribution is 2.22. The number of para-hydroxylation sites is 1. The van der Waals surface area contributed by atoms with Crippen LogP contribution in [0.4, 0.5) is 0 Å². The molecule has 0 aliphatic heterocycles. The van der Waals surface area contributed by atoms with Gasteiger partial charge in [-0.05, 0) is 37.5 Å². The van der Waals surface area contributed by atoms with E-state index in [9.17, 15) is 0 Å². The van der Waals surface area contributed by atoms with E-state index in [1.165, 1.54) is 10.9 Å². The fraction of sp³-hybridized carbons (Fsp3) is 0.400. The molecule has 0 amide bonds. The Balaban J connectivity index is 2.27. The molecule has 0 saturated carbocycles. The van der Waals surface area contributed by atoms with Crippen LogP contribution in [-0.2, 0) is 4.74 Å². The summed E-state index contributed by atoms with van der Waals surface area (Å²) in [7, 11) is 1.71. The number of nitrogens with two attached hydrogens (primary N) is 1. The van der Waals surface area contributed by atoms with Crippen molar-refractivity contribution in [2.75, 3.05) is 13.7 Å². The summed E-state index contributed by atoms with van der Waals surface area (Å²) >= 11 is 0. The van der Waals surface area contributed by atoms with Gasteiger partial charge in [-0.3, -0.25) is 16.3 Å². The van der Waals surface area contributed by atoms with Crippen molar-refractivity contribution < 1.29 is 4.74 Å². The van der Waals surface area contributed by atoms with Gasteiger partial charge in [-0.15, -0.1) is 0 Å². The third-order valence-electron chi connectivity index (χ3n) is 3.34. The number of hydrogen-bond donors (Lipinski definition) is 2. The zero-order valence-electron chi connectivity index (χ0n) is 11.5. The number of pyridine rings is 1. The van der Waals surface area contributed by atoms with Crippen LogP contribution in [0.15, 0.2) is 30.3 Å². The van der Waals surface area contributed by atoms with E-state index in [4.69, 9.17) is 15.6 Å². The van der Waals surface area contributed by atoms with E-state index in [1.54, 1.807) is 7.11 Å². The van der Waals surface area contributed by atoms with Gasteiger partial charge in [0.2, 0.25) is 0 Å². The first-order chi connectivity index (χ1) is 9.26. The second kappa shape index (κ2) is 6.61. The first-order valence-corrected chi connectivity index (χ1v) is 6.57. The van der Waals surface area contributed by atoms with Crippen LogP contribution >= 0.6 is 0 Å². The van der Waals surface area contributed by atoms with Gasteiger partial charge in [0.15, 0.2) is 0 Å². The molecule has 0 saturated heterocycles. The van der Waals surface area contributed by atoms with Gasteiger partial charge in [-0.2, -0.15) is 0 Å². The quantitative estimate of drug-likeness (QED) is 0.475. The summed E-state index contributed by atoms with van der Waals surface area (Å²) in [5, 5.41) is 1.19. The maximum absolute atomic E-state index is 5.65. The monoisotopic (exact) mass is 259 g/mol. The lowest BCUT2D eigenvalue weighted by Crippen LogP contribution is -2.29. The summed E-state index contributed by atoms with van der Waals surface area (Å²) in [6, 6.07) is 10.4. The Morgan fingerprint density at radius 1 is 1.37 bits per heavy atom. The fourth-order valence-electron chi connectivity index (χ4n) is 2.30. The molecule has 0 spiro atoms. The predicted molar refractivity (Wildman–Crippen MR) is 77.7 cm³/mol. The molecule has 0 bridgehead atoms. The second-order valence-corrected chi connectivity index (χ2v) is 4.74. The number of nitrogens with zero attached hydrogens (tertiary/aromatic N) is 1. The zero-order valence-corrected chi connectivity index (χ0v) is 11.5. The molecule has 1 unspecified atom stereocenters. The maximum Gasteiger partial charge on any atom is 0.0708 e. The van der Waals surface area contributed by atoms with Crippen molar-refractivity contribution in [3.05, 3.63) is 41.6 Å². The number of fused-ring (bicyclic) bond motifs is 1. The molecule has 2 rings (SSSR count). The third kappa shape index (κ3) is 3.29. The van der Waals surface area contributed by atoms with Crippen LogP contribution in [0, 0.1) is 6.92 Å². The first-order valence-electron chi connectivity index (χ1n) is 6.57. The molecule has 1 heterocycles. The average molecular weight is 259 g/mol. The van der Waals surface area contributed by atoms with Crippen molar-refractivity contribution in [3.8, 4) is 0 Å². The molecule has 4 heteroatoms. The Labute approximate surface area is 113 Å². The van der Waals surface area contributed by atoms with Crippen LogP contribution in [0.3, 0.4) is 0 Å². The third-order valence-corrected chi connectivity index (χ3v) is 3.34. The largest absolute Gasteiger partial charge is 0.385 e. The van der Waals surface area contributed by atoms with E-state index >= 15 is 0 Å². The molecule has 1 aromatic heterocycles. The number of hydrazine groups is 1. The lowest BCUT2D eigenvalue weighted by molar-refractivity contribution is 0.188. The van der Waals surface area contributed by atoms with E-state index in [0.717, 1.165) is 30.7 Å². The smallest absolute Gasteiger partial charge is 0.0708 e. The van der Waals surface area contributed by atoms with Gasteiger partial charge in [-0.25, -0.2) is 0 Å². The van der Waals surface area contributed by atoms with Crippen molar-refractivity contribution in [3.63, 3.8) is 0 Å². The maximum atomic E-state index is 5.65. The summed E-state index contributed by atoms with van der Waals surface area (Å²) < 4.78 is 5.08. The van der Waals surface area contributed by atoms with E-state index in [0.29, 0.717) is 0 Å². The fourth-order valence-corrected chi connectivity index (χ4v) is 2.30. The number of aryl methyl sites for hydroxylation is 1. The highest BCUT2D eigenvalue weighted by atomic mass is 16.5. The SMILES string of the molecule is COCCCC(NN)c1cc(C)c2ccccc2n1. The Kier molecular flexibility index (Phi) is 4.85. The van der Waals surface area contributed by atoms with Gasteiger partial charge < -0.3 is 4.74 Å². The molecule has 102 valence electrons. The van der Waals surface area contributed by atoms with Crippen LogP contribution in [-0.4, -0.2) is 18.7 Å². The highest BCUT2D eigenvalue weighted by Gasteiger charge is 2.12. The standard InChI is InChI=1S/C15H21N3O/c1-11-10-15(14(18-16)8-5-9-19-2)17-13-7-4-3-6-12(11)13/h3-4,6-7,10,14,18H,5,8-9,16H2,1-2H3. The van der Waals surface area contributed by atoms with Crippen LogP contribution in [0.5, 0.6) is 0 Å². The van der Waals surface area contributed by atoms with Crippen LogP contribution in [0.1, 0.15) is 30.1 Å². The molecule has 0 fully saturated rings. The van der Waals surface area contributed by atoms with Crippen molar-refractivity contribution in [1.29, 1.82) is 0 Å². The lowest BCUT2D eigenvalue weighted by atomic mass is 10.0. The van der Waals surface area contributed by atoms with Gasteiger partial charge in [-0.1, -0.05) is 18.2 Å². The molecular formula is C15H21N3O. The van der Waals surface area contributed by atoms with Crippen LogP contribution in [0.25, 0.3) is 10.9 Å². The molecular weight excluding hydrogens is 238 g/mol. The van der Waals surface area contributed by atoms with Crippen LogP contribution in [0.2, 0.25) is 0 Å². The normalized spacial score (nSPS) is 12.8. The average Bonchev–Trinajstić information content (AvgIpc) is 2.44. The highest BCUT2D eigenvalue weighted by molar-refractivity contribution is 5.82. The minimum absolute atomic E-state index is 0.0680. The van der Waals surface area contributed by atoms with Gasteiger partial charge in [0.1, 0.15) is 0 Å². The number of methoxy groups -OCH3 is 1. The lowest BCUT2D eigenvalue weighted by Gasteiger charge is -2.16. The van der Waals surface area contributed by atoms with E-state index in [-0.39, 0.29) is 6.04 Å². The number of benzene rings is 1. The van der Waals surface area contributed by atoms with Crippen molar-refractivity contribution >= 4 is 10.9 Å². The number of aromatic nitrogens is 1. The summed E-state index contributed by atoms with van der Waals surface area (Å²) in [5.41, 5.74) is 6.09. The Hall–Kier alpha value is -1.49. The molecule has 0 aliphatic rings. The molecule has 4 nitrogen and oxygen atoms in total. The molecule has 3 N–H and O–H groups in total. The van der Waals surface area contributed by atoms with E-state index < -0.39 is 0 Å². The van der Waals surface area contributed by atoms with Gasteiger partial charge in [0.25, 0.3) is 0 Å². The molecule has 19 heavy (non-hydrogen) atoms. The summed E-state index contributed by atoms with van der Waals surface area (Å²) in [5.74, 6) is 5.65. The van der Waals surface area contributed by atoms with Gasteiger partial charge in [0.05, 0.1) is 17.3 Å². The Morgan fingerprint density at radius 2 is 2.16 bits per heavy atom. The van der Waals surface area contributed by atoms with Crippen molar-refractivity contribution in [2.45, 2.75) is 25.8 Å². The molecule has 2 aromatic rings. The molecule has 1 aromatic carbocycles. The number of hydrogen-bond acceptors (Lipinski definition) is 4. The summed E-state index contributed by atoms with van der Waals surface area (Å²) in [4.78, 5) is 4.70. The molecule has 1 atom stereocenters. The molecule has 0 radical (unpaired) electrons. The number of ether oxygens (including phenoxy) is 1. The minimum atomic E-state index is 0.0680.